The summed E-state index contributed by atoms with van der Waals surface area (Å²) < 4.78 is 35.6. The summed E-state index contributed by atoms with van der Waals surface area (Å²) in [4.78, 5) is 27.0. The van der Waals surface area contributed by atoms with Crippen molar-refractivity contribution in [1.82, 2.24) is 10.2 Å². The van der Waals surface area contributed by atoms with E-state index in [9.17, 15) is 14.0 Å². The molecule has 3 rings (SSSR count). The molecule has 1 heterocycles. The Morgan fingerprint density at radius 2 is 1.88 bits per heavy atom. The van der Waals surface area contributed by atoms with Crippen molar-refractivity contribution >= 4 is 12.0 Å². The first-order chi connectivity index (χ1) is 15.4. The van der Waals surface area contributed by atoms with Gasteiger partial charge in [0.15, 0.2) is 11.6 Å². The molecular weight excluding hydrogens is 419 g/mol. The summed E-state index contributed by atoms with van der Waals surface area (Å²) in [5, 5.41) is 2.80. The van der Waals surface area contributed by atoms with Gasteiger partial charge in [0.2, 0.25) is 0 Å². The molecule has 0 aromatic heterocycles. The van der Waals surface area contributed by atoms with Crippen LogP contribution in [0.15, 0.2) is 53.7 Å². The first-order valence-electron chi connectivity index (χ1n) is 9.94. The molecule has 0 spiro atoms. The zero-order chi connectivity index (χ0) is 23.3. The Hall–Kier alpha value is -3.75. The van der Waals surface area contributed by atoms with E-state index in [1.165, 1.54) is 44.4 Å². The molecule has 9 heteroatoms. The van der Waals surface area contributed by atoms with Gasteiger partial charge in [-0.15, -0.1) is 0 Å². The van der Waals surface area contributed by atoms with Crippen LogP contribution >= 0.6 is 0 Å². The largest absolute Gasteiger partial charge is 0.497 e. The Morgan fingerprint density at radius 1 is 1.12 bits per heavy atom. The highest BCUT2D eigenvalue weighted by molar-refractivity contribution is 5.95. The third kappa shape index (κ3) is 4.61. The van der Waals surface area contributed by atoms with Crippen LogP contribution in [0.1, 0.15) is 18.5 Å². The van der Waals surface area contributed by atoms with Crippen molar-refractivity contribution in [2.45, 2.75) is 13.0 Å². The Balaban J connectivity index is 2.10. The highest BCUT2D eigenvalue weighted by Gasteiger charge is 2.38. The summed E-state index contributed by atoms with van der Waals surface area (Å²) in [7, 11) is 4.50. The van der Waals surface area contributed by atoms with E-state index < -0.39 is 23.9 Å². The number of carbonyl (C=O) groups excluding carboxylic acids is 2. The lowest BCUT2D eigenvalue weighted by molar-refractivity contribution is -0.139. The van der Waals surface area contributed by atoms with E-state index >= 15 is 0 Å². The predicted molar refractivity (Wildman–Crippen MR) is 114 cm³/mol. The summed E-state index contributed by atoms with van der Waals surface area (Å²) in [6.45, 7) is 1.59. The third-order valence-electron chi connectivity index (χ3n) is 5.02. The summed E-state index contributed by atoms with van der Waals surface area (Å²) in [5.74, 6) is -0.220. The standard InChI is InChI=1S/C23H25FN2O6/c1-5-31-22(27)20-17(13-32-18-9-7-6-8-16(18)24)26(2)23(28)25-21(20)15-11-10-14(29-3)12-19(15)30-4/h6-12,21H,5,13H2,1-4H3,(H,25,28)/t21-/m1/s1. The van der Waals surface area contributed by atoms with E-state index in [1.54, 1.807) is 31.2 Å². The Bertz CT molecular complexity index is 1040. The minimum absolute atomic E-state index is 0.00108. The molecule has 0 bridgehead atoms. The second-order valence-corrected chi connectivity index (χ2v) is 6.85. The van der Waals surface area contributed by atoms with Gasteiger partial charge in [0.25, 0.3) is 0 Å². The smallest absolute Gasteiger partial charge is 0.338 e. The molecule has 0 saturated heterocycles. The zero-order valence-corrected chi connectivity index (χ0v) is 18.3. The number of nitrogens with one attached hydrogen (secondary N) is 1. The maximum atomic E-state index is 14.1. The second-order valence-electron chi connectivity index (χ2n) is 6.85. The number of ether oxygens (including phenoxy) is 4. The number of urea groups is 1. The average Bonchev–Trinajstić information content (AvgIpc) is 2.80. The molecule has 2 amide bonds. The molecule has 8 nitrogen and oxygen atoms in total. The topological polar surface area (TPSA) is 86.3 Å². The van der Waals surface area contributed by atoms with Crippen LogP contribution in [0.3, 0.4) is 0 Å². The molecule has 1 atom stereocenters. The summed E-state index contributed by atoms with van der Waals surface area (Å²) in [6, 6.07) is 9.59. The third-order valence-corrected chi connectivity index (χ3v) is 5.02. The fraction of sp³-hybridized carbons (Fsp3) is 0.304. The summed E-state index contributed by atoms with van der Waals surface area (Å²) in [5.41, 5.74) is 0.938. The maximum absolute atomic E-state index is 14.1. The summed E-state index contributed by atoms with van der Waals surface area (Å²) in [6.07, 6.45) is 0. The van der Waals surface area contributed by atoms with Crippen molar-refractivity contribution in [3.63, 3.8) is 0 Å². The number of amides is 2. The van der Waals surface area contributed by atoms with Crippen LogP contribution in [0.5, 0.6) is 17.2 Å². The van der Waals surface area contributed by atoms with Gasteiger partial charge in [-0.05, 0) is 31.2 Å². The molecule has 32 heavy (non-hydrogen) atoms. The summed E-state index contributed by atoms with van der Waals surface area (Å²) >= 11 is 0. The first-order valence-corrected chi connectivity index (χ1v) is 9.94. The van der Waals surface area contributed by atoms with Crippen molar-refractivity contribution in [2.75, 3.05) is 34.5 Å². The lowest BCUT2D eigenvalue weighted by Gasteiger charge is -2.35. The maximum Gasteiger partial charge on any atom is 0.338 e. The Kier molecular flexibility index (Phi) is 7.19. The quantitative estimate of drug-likeness (QED) is 0.628. The molecule has 1 aliphatic rings. The molecular formula is C23H25FN2O6. The molecule has 0 unspecified atom stereocenters. The number of esters is 1. The minimum Gasteiger partial charge on any atom is -0.497 e. The Morgan fingerprint density at radius 3 is 2.53 bits per heavy atom. The lowest BCUT2D eigenvalue weighted by Crippen LogP contribution is -2.48. The van der Waals surface area contributed by atoms with Crippen LogP contribution < -0.4 is 19.5 Å². The van der Waals surface area contributed by atoms with Crippen molar-refractivity contribution in [1.29, 1.82) is 0 Å². The van der Waals surface area contributed by atoms with Gasteiger partial charge in [-0.1, -0.05) is 12.1 Å². The van der Waals surface area contributed by atoms with Crippen LogP contribution in [0.25, 0.3) is 0 Å². The SMILES string of the molecule is CCOC(=O)C1=C(COc2ccccc2F)N(C)C(=O)N[C@@H]1c1ccc(OC)cc1OC. The van der Waals surface area contributed by atoms with Crippen LogP contribution in [-0.2, 0) is 9.53 Å². The van der Waals surface area contributed by atoms with E-state index in [-0.39, 0.29) is 30.2 Å². The number of halogens is 1. The van der Waals surface area contributed by atoms with Crippen LogP contribution in [0, 0.1) is 5.82 Å². The average molecular weight is 444 g/mol. The van der Waals surface area contributed by atoms with Gasteiger partial charge in [0.1, 0.15) is 18.1 Å². The molecule has 0 saturated carbocycles. The predicted octanol–water partition coefficient (Wildman–Crippen LogP) is 3.44. The van der Waals surface area contributed by atoms with E-state index in [2.05, 4.69) is 5.32 Å². The number of likely N-dealkylation sites (N-methyl/N-ethyl adjacent to an activating group) is 1. The van der Waals surface area contributed by atoms with Crippen LogP contribution in [-0.4, -0.2) is 51.4 Å². The van der Waals surface area contributed by atoms with Crippen LogP contribution in [0.2, 0.25) is 0 Å². The molecule has 0 fully saturated rings. The van der Waals surface area contributed by atoms with E-state index in [4.69, 9.17) is 18.9 Å². The number of nitrogens with zero attached hydrogens (tertiary/aromatic N) is 1. The molecule has 2 aromatic carbocycles. The number of carbonyl (C=O) groups is 2. The Labute approximate surface area is 185 Å². The van der Waals surface area contributed by atoms with E-state index in [1.807, 2.05) is 0 Å². The molecule has 0 aliphatic carbocycles. The molecule has 1 N–H and O–H groups in total. The molecule has 2 aromatic rings. The highest BCUT2D eigenvalue weighted by atomic mass is 19.1. The highest BCUT2D eigenvalue weighted by Crippen LogP contribution is 2.37. The normalized spacial score (nSPS) is 15.8. The first kappa shape index (κ1) is 22.9. The molecule has 0 radical (unpaired) electrons. The van der Waals surface area contributed by atoms with Gasteiger partial charge >= 0.3 is 12.0 Å². The number of hydrogen-bond donors (Lipinski definition) is 1. The van der Waals surface area contributed by atoms with Gasteiger partial charge in [-0.2, -0.15) is 0 Å². The van der Waals surface area contributed by atoms with Crippen molar-refractivity contribution in [3.05, 3.63) is 65.1 Å². The number of rotatable bonds is 8. The fourth-order valence-corrected chi connectivity index (χ4v) is 3.38. The fourth-order valence-electron chi connectivity index (χ4n) is 3.38. The van der Waals surface area contributed by atoms with Gasteiger partial charge < -0.3 is 24.3 Å². The minimum atomic E-state index is -0.877. The van der Waals surface area contributed by atoms with Crippen molar-refractivity contribution < 1.29 is 32.9 Å². The lowest BCUT2D eigenvalue weighted by atomic mass is 9.94. The van der Waals surface area contributed by atoms with Gasteiger partial charge in [0.05, 0.1) is 38.1 Å². The van der Waals surface area contributed by atoms with Gasteiger partial charge in [-0.3, -0.25) is 4.90 Å². The second kappa shape index (κ2) is 10.0. The van der Waals surface area contributed by atoms with Gasteiger partial charge in [-0.25, -0.2) is 14.0 Å². The molecule has 1 aliphatic heterocycles. The van der Waals surface area contributed by atoms with Crippen molar-refractivity contribution in [2.24, 2.45) is 0 Å². The van der Waals surface area contributed by atoms with Crippen LogP contribution in [0.4, 0.5) is 9.18 Å². The monoisotopic (exact) mass is 444 g/mol. The van der Waals surface area contributed by atoms with Crippen molar-refractivity contribution in [3.8, 4) is 17.2 Å². The number of benzene rings is 2. The van der Waals surface area contributed by atoms with E-state index in [0.717, 1.165) is 0 Å². The number of para-hydroxylation sites is 1. The zero-order valence-electron chi connectivity index (χ0n) is 18.3. The van der Waals surface area contributed by atoms with Gasteiger partial charge in [0, 0.05) is 18.7 Å². The number of methoxy groups -OCH3 is 2. The van der Waals surface area contributed by atoms with E-state index in [0.29, 0.717) is 17.1 Å². The molecule has 170 valence electrons. The number of hydrogen-bond acceptors (Lipinski definition) is 6.